The Bertz CT molecular complexity index is 522. The highest BCUT2D eigenvalue weighted by Gasteiger charge is 2.11. The molecule has 1 N–H and O–H groups in total. The molecular formula is C17H19FO. The fourth-order valence-electron chi connectivity index (χ4n) is 2.27. The first kappa shape index (κ1) is 13.8. The van der Waals surface area contributed by atoms with Crippen molar-refractivity contribution in [2.24, 2.45) is 0 Å². The van der Waals surface area contributed by atoms with Crippen molar-refractivity contribution < 1.29 is 9.50 Å². The lowest BCUT2D eigenvalue weighted by Gasteiger charge is -2.13. The summed E-state index contributed by atoms with van der Waals surface area (Å²) in [5.74, 6) is -0.289. The SMILES string of the molecule is Cc1ccc(F)cc1C(O)CCCc1ccccc1. The van der Waals surface area contributed by atoms with Gasteiger partial charge in [-0.1, -0.05) is 36.4 Å². The Morgan fingerprint density at radius 2 is 1.84 bits per heavy atom. The van der Waals surface area contributed by atoms with E-state index in [-0.39, 0.29) is 5.82 Å². The number of benzene rings is 2. The van der Waals surface area contributed by atoms with E-state index in [1.54, 1.807) is 6.07 Å². The van der Waals surface area contributed by atoms with Gasteiger partial charge >= 0.3 is 0 Å². The topological polar surface area (TPSA) is 20.2 Å². The van der Waals surface area contributed by atoms with E-state index in [4.69, 9.17) is 0 Å². The number of aryl methyl sites for hydroxylation is 2. The molecule has 0 saturated carbocycles. The highest BCUT2D eigenvalue weighted by Crippen LogP contribution is 2.23. The van der Waals surface area contributed by atoms with Crippen LogP contribution in [0.4, 0.5) is 4.39 Å². The van der Waals surface area contributed by atoms with Crippen molar-refractivity contribution in [2.45, 2.75) is 32.3 Å². The Labute approximate surface area is 113 Å². The highest BCUT2D eigenvalue weighted by atomic mass is 19.1. The third-order valence-electron chi connectivity index (χ3n) is 3.39. The van der Waals surface area contributed by atoms with Crippen LogP contribution >= 0.6 is 0 Å². The third-order valence-corrected chi connectivity index (χ3v) is 3.39. The van der Waals surface area contributed by atoms with Gasteiger partial charge in [0.1, 0.15) is 5.82 Å². The molecule has 0 saturated heterocycles. The number of aliphatic hydroxyl groups excluding tert-OH is 1. The fraction of sp³-hybridized carbons (Fsp3) is 0.294. The number of hydrogen-bond donors (Lipinski definition) is 1. The standard InChI is InChI=1S/C17H19FO/c1-13-10-11-15(18)12-16(13)17(19)9-5-8-14-6-3-2-4-7-14/h2-4,6-7,10-12,17,19H,5,8-9H2,1H3. The van der Waals surface area contributed by atoms with Gasteiger partial charge in [0.25, 0.3) is 0 Å². The molecule has 0 amide bonds. The smallest absolute Gasteiger partial charge is 0.123 e. The van der Waals surface area contributed by atoms with Crippen molar-refractivity contribution in [1.29, 1.82) is 0 Å². The van der Waals surface area contributed by atoms with E-state index in [1.807, 2.05) is 25.1 Å². The molecule has 2 rings (SSSR count). The van der Waals surface area contributed by atoms with E-state index in [0.29, 0.717) is 12.0 Å². The first-order chi connectivity index (χ1) is 9.16. The minimum Gasteiger partial charge on any atom is -0.388 e. The van der Waals surface area contributed by atoms with E-state index < -0.39 is 6.10 Å². The molecule has 2 aromatic rings. The Morgan fingerprint density at radius 3 is 2.58 bits per heavy atom. The summed E-state index contributed by atoms with van der Waals surface area (Å²) in [6, 6.07) is 14.8. The van der Waals surface area contributed by atoms with E-state index in [1.165, 1.54) is 17.7 Å². The van der Waals surface area contributed by atoms with E-state index in [2.05, 4.69) is 12.1 Å². The molecule has 0 radical (unpaired) electrons. The summed E-state index contributed by atoms with van der Waals surface area (Å²) in [7, 11) is 0. The number of rotatable bonds is 5. The van der Waals surface area contributed by atoms with Gasteiger partial charge in [0.15, 0.2) is 0 Å². The molecule has 1 nitrogen and oxygen atoms in total. The molecule has 0 heterocycles. The molecule has 1 atom stereocenters. The lowest BCUT2D eigenvalue weighted by molar-refractivity contribution is 0.163. The average molecular weight is 258 g/mol. The Hall–Kier alpha value is -1.67. The zero-order chi connectivity index (χ0) is 13.7. The zero-order valence-corrected chi connectivity index (χ0v) is 11.1. The summed E-state index contributed by atoms with van der Waals surface area (Å²) < 4.78 is 13.2. The van der Waals surface area contributed by atoms with Crippen molar-refractivity contribution in [2.75, 3.05) is 0 Å². The van der Waals surface area contributed by atoms with Gasteiger partial charge in [-0.05, 0) is 55.0 Å². The van der Waals surface area contributed by atoms with Gasteiger partial charge in [0.2, 0.25) is 0 Å². The van der Waals surface area contributed by atoms with Crippen LogP contribution in [0.2, 0.25) is 0 Å². The largest absolute Gasteiger partial charge is 0.388 e. The second kappa shape index (κ2) is 6.48. The van der Waals surface area contributed by atoms with Crippen LogP contribution in [-0.2, 0) is 6.42 Å². The number of hydrogen-bond acceptors (Lipinski definition) is 1. The summed E-state index contributed by atoms with van der Waals surface area (Å²) in [5.41, 5.74) is 2.91. The molecule has 0 aliphatic heterocycles. The van der Waals surface area contributed by atoms with Crippen LogP contribution in [0.15, 0.2) is 48.5 Å². The maximum absolute atomic E-state index is 13.2. The monoisotopic (exact) mass is 258 g/mol. The quantitative estimate of drug-likeness (QED) is 0.852. The van der Waals surface area contributed by atoms with Gasteiger partial charge in [0.05, 0.1) is 6.10 Å². The van der Waals surface area contributed by atoms with E-state index in [9.17, 15) is 9.50 Å². The highest BCUT2D eigenvalue weighted by molar-refractivity contribution is 5.28. The maximum atomic E-state index is 13.2. The molecule has 0 aliphatic carbocycles. The average Bonchev–Trinajstić information content (AvgIpc) is 2.42. The maximum Gasteiger partial charge on any atom is 0.123 e. The number of halogens is 1. The van der Waals surface area contributed by atoms with Crippen LogP contribution in [0.3, 0.4) is 0 Å². The fourth-order valence-corrected chi connectivity index (χ4v) is 2.27. The zero-order valence-electron chi connectivity index (χ0n) is 11.1. The molecule has 1 unspecified atom stereocenters. The van der Waals surface area contributed by atoms with Crippen molar-refractivity contribution in [3.8, 4) is 0 Å². The Kier molecular flexibility index (Phi) is 4.69. The minimum absolute atomic E-state index is 0.289. The predicted molar refractivity (Wildman–Crippen MR) is 75.5 cm³/mol. The first-order valence-corrected chi connectivity index (χ1v) is 6.65. The van der Waals surface area contributed by atoms with Crippen LogP contribution < -0.4 is 0 Å². The van der Waals surface area contributed by atoms with E-state index >= 15 is 0 Å². The minimum atomic E-state index is -0.584. The third kappa shape index (κ3) is 3.90. The van der Waals surface area contributed by atoms with Gasteiger partial charge in [-0.2, -0.15) is 0 Å². The van der Waals surface area contributed by atoms with Crippen LogP contribution in [0, 0.1) is 12.7 Å². The summed E-state index contributed by atoms with van der Waals surface area (Å²) in [6.07, 6.45) is 1.89. The van der Waals surface area contributed by atoms with Gasteiger partial charge in [0, 0.05) is 0 Å². The van der Waals surface area contributed by atoms with Gasteiger partial charge in [-0.15, -0.1) is 0 Å². The van der Waals surface area contributed by atoms with Crippen molar-refractivity contribution in [1.82, 2.24) is 0 Å². The van der Waals surface area contributed by atoms with Crippen LogP contribution in [0.25, 0.3) is 0 Å². The van der Waals surface area contributed by atoms with Gasteiger partial charge in [-0.25, -0.2) is 4.39 Å². The summed E-state index contributed by atoms with van der Waals surface area (Å²) >= 11 is 0. The van der Waals surface area contributed by atoms with Crippen molar-refractivity contribution in [3.63, 3.8) is 0 Å². The lowest BCUT2D eigenvalue weighted by atomic mass is 9.98. The molecular weight excluding hydrogens is 239 g/mol. The first-order valence-electron chi connectivity index (χ1n) is 6.65. The van der Waals surface area contributed by atoms with Crippen LogP contribution in [0.5, 0.6) is 0 Å². The molecule has 100 valence electrons. The molecule has 19 heavy (non-hydrogen) atoms. The second-order valence-electron chi connectivity index (χ2n) is 4.89. The molecule has 0 aromatic heterocycles. The van der Waals surface area contributed by atoms with Crippen molar-refractivity contribution in [3.05, 3.63) is 71.0 Å². The molecule has 0 spiro atoms. The molecule has 2 aromatic carbocycles. The normalized spacial score (nSPS) is 12.4. The summed E-state index contributed by atoms with van der Waals surface area (Å²) in [4.78, 5) is 0. The lowest BCUT2D eigenvalue weighted by Crippen LogP contribution is -2.01. The van der Waals surface area contributed by atoms with Crippen LogP contribution in [0.1, 0.15) is 35.6 Å². The summed E-state index contributed by atoms with van der Waals surface area (Å²) in [6.45, 7) is 1.90. The number of aliphatic hydroxyl groups is 1. The van der Waals surface area contributed by atoms with Crippen molar-refractivity contribution >= 4 is 0 Å². The van der Waals surface area contributed by atoms with Gasteiger partial charge in [-0.3, -0.25) is 0 Å². The molecule has 2 heteroatoms. The van der Waals surface area contributed by atoms with E-state index in [0.717, 1.165) is 18.4 Å². The Balaban J connectivity index is 1.91. The summed E-state index contributed by atoms with van der Waals surface area (Å²) in [5, 5.41) is 10.1. The van der Waals surface area contributed by atoms with Gasteiger partial charge < -0.3 is 5.11 Å². The second-order valence-corrected chi connectivity index (χ2v) is 4.89. The predicted octanol–water partition coefficient (Wildman–Crippen LogP) is 4.19. The molecule has 0 aliphatic rings. The Morgan fingerprint density at radius 1 is 1.11 bits per heavy atom. The van der Waals surface area contributed by atoms with Crippen LogP contribution in [-0.4, -0.2) is 5.11 Å². The molecule has 0 fully saturated rings. The molecule has 0 bridgehead atoms.